The number of anilines is 1. The number of nitrogens with one attached hydrogen (secondary N) is 1. The lowest BCUT2D eigenvalue weighted by Crippen LogP contribution is -2.39. The number of hydrogen-bond donors (Lipinski definition) is 1. The second-order valence-corrected chi connectivity index (χ2v) is 4.80. The van der Waals surface area contributed by atoms with Crippen molar-refractivity contribution in [1.29, 1.82) is 0 Å². The molecule has 0 saturated carbocycles. The van der Waals surface area contributed by atoms with Gasteiger partial charge in [-0.15, -0.1) is 0 Å². The van der Waals surface area contributed by atoms with E-state index >= 15 is 0 Å². The highest BCUT2D eigenvalue weighted by Gasteiger charge is 2.54. The van der Waals surface area contributed by atoms with Crippen molar-refractivity contribution in [3.05, 3.63) is 28.2 Å². The van der Waals surface area contributed by atoms with Crippen LogP contribution in [0, 0.1) is 0 Å². The number of hydrogen-bond acceptors (Lipinski definition) is 3. The van der Waals surface area contributed by atoms with Crippen molar-refractivity contribution in [2.24, 2.45) is 0 Å². The summed E-state index contributed by atoms with van der Waals surface area (Å²) in [6, 6.07) is 4.90. The van der Waals surface area contributed by atoms with E-state index in [1.165, 1.54) is 6.92 Å². The van der Waals surface area contributed by atoms with Gasteiger partial charge in [0, 0.05) is 11.9 Å². The number of benzene rings is 1. The molecule has 1 amide bonds. The summed E-state index contributed by atoms with van der Waals surface area (Å²) in [5.74, 6) is -6.98. The Kier molecular flexibility index (Phi) is 7.71. The van der Waals surface area contributed by atoms with Crippen LogP contribution in [0.1, 0.15) is 6.92 Å². The average Bonchev–Trinajstić information content (AvgIpc) is 2.39. The van der Waals surface area contributed by atoms with Gasteiger partial charge < -0.3 is 5.32 Å². The Labute approximate surface area is 140 Å². The Hall–Kier alpha value is -1.81. The molecule has 1 aromatic carbocycles. The third-order valence-electron chi connectivity index (χ3n) is 1.96. The molecule has 0 aliphatic heterocycles. The van der Waals surface area contributed by atoms with Crippen LogP contribution in [-0.2, 0) is 14.4 Å². The second-order valence-electron chi connectivity index (χ2n) is 3.96. The van der Waals surface area contributed by atoms with Crippen LogP contribution in [0.4, 0.5) is 32.0 Å². The van der Waals surface area contributed by atoms with Gasteiger partial charge in [-0.25, -0.2) is 0 Å². The van der Waals surface area contributed by atoms with E-state index < -0.39 is 23.9 Å². The third-order valence-corrected chi connectivity index (χ3v) is 2.52. The van der Waals surface area contributed by atoms with Crippen molar-refractivity contribution in [3.8, 4) is 0 Å². The first kappa shape index (κ1) is 22.2. The predicted molar refractivity (Wildman–Crippen MR) is 72.9 cm³/mol. The van der Waals surface area contributed by atoms with E-state index in [-0.39, 0.29) is 5.91 Å². The van der Waals surface area contributed by atoms with E-state index in [2.05, 4.69) is 5.32 Å². The smallest absolute Gasteiger partial charge is 0.325 e. The first-order valence-corrected chi connectivity index (χ1v) is 6.37. The Balaban J connectivity index is 0.000000441. The maximum absolute atomic E-state index is 11.2. The minimum atomic E-state index is -5.77. The summed E-state index contributed by atoms with van der Waals surface area (Å²) >= 11 is 11.5. The molecule has 0 fully saturated rings. The molecule has 0 heterocycles. The molecule has 4 nitrogen and oxygen atoms in total. The highest BCUT2D eigenvalue weighted by atomic mass is 35.5. The van der Waals surface area contributed by atoms with E-state index in [0.29, 0.717) is 15.7 Å². The molecule has 0 aromatic heterocycles. The van der Waals surface area contributed by atoms with E-state index in [4.69, 9.17) is 23.2 Å². The average molecular weight is 398 g/mol. The van der Waals surface area contributed by atoms with E-state index in [0.717, 1.165) is 0 Å². The van der Waals surface area contributed by atoms with Crippen LogP contribution in [0.5, 0.6) is 0 Å². The van der Waals surface area contributed by atoms with Crippen molar-refractivity contribution in [3.63, 3.8) is 0 Å². The molecule has 0 spiro atoms. The fraction of sp³-hybridized carbons (Fsp3) is 0.250. The lowest BCUT2D eigenvalue weighted by molar-refractivity contribution is -0.193. The minimum Gasteiger partial charge on any atom is -0.325 e. The van der Waals surface area contributed by atoms with Gasteiger partial charge in [0.25, 0.3) is 0 Å². The molecule has 1 N–H and O–H groups in total. The Morgan fingerprint density at radius 3 is 1.67 bits per heavy atom. The van der Waals surface area contributed by atoms with Gasteiger partial charge in [-0.2, -0.15) is 26.3 Å². The van der Waals surface area contributed by atoms with Crippen LogP contribution >= 0.6 is 23.2 Å². The third kappa shape index (κ3) is 7.64. The van der Waals surface area contributed by atoms with E-state index in [1.54, 1.807) is 18.2 Å². The standard InChI is InChI=1S/C8H7Cl2NO.C4F6O2/c1-5(12)11-8-4-6(9)2-3-7(8)10;5-3(6,7)1(11)2(12)4(8,9)10/h2-4H,1H3,(H,11,12);. The van der Waals surface area contributed by atoms with Gasteiger partial charge in [-0.1, -0.05) is 23.2 Å². The monoisotopic (exact) mass is 397 g/mol. The topological polar surface area (TPSA) is 63.2 Å². The first-order valence-electron chi connectivity index (χ1n) is 5.61. The van der Waals surface area contributed by atoms with E-state index in [9.17, 15) is 40.7 Å². The molecule has 1 aromatic rings. The summed E-state index contributed by atoms with van der Waals surface area (Å²) < 4.78 is 67.0. The molecule has 0 radical (unpaired) electrons. The summed E-state index contributed by atoms with van der Waals surface area (Å²) in [6.45, 7) is 1.41. The molecule has 0 saturated heterocycles. The van der Waals surface area contributed by atoms with Gasteiger partial charge in [0.05, 0.1) is 10.7 Å². The van der Waals surface area contributed by atoms with Crippen molar-refractivity contribution in [2.45, 2.75) is 19.3 Å². The summed E-state index contributed by atoms with van der Waals surface area (Å²) in [5.41, 5.74) is 0.539. The lowest BCUT2D eigenvalue weighted by atomic mass is 10.2. The number of halogens is 8. The molecule has 0 aliphatic rings. The van der Waals surface area contributed by atoms with E-state index in [1.807, 2.05) is 0 Å². The maximum atomic E-state index is 11.2. The van der Waals surface area contributed by atoms with Crippen LogP contribution in [0.15, 0.2) is 18.2 Å². The first-order chi connectivity index (χ1) is 10.7. The van der Waals surface area contributed by atoms with Gasteiger partial charge in [-0.05, 0) is 18.2 Å². The Morgan fingerprint density at radius 2 is 1.33 bits per heavy atom. The molecule has 1 rings (SSSR count). The van der Waals surface area contributed by atoms with Gasteiger partial charge in [0.2, 0.25) is 5.91 Å². The zero-order chi connectivity index (χ0) is 19.3. The van der Waals surface area contributed by atoms with Gasteiger partial charge in [-0.3, -0.25) is 14.4 Å². The molecule has 134 valence electrons. The normalized spacial score (nSPS) is 11.2. The zero-order valence-corrected chi connectivity index (χ0v) is 13.0. The summed E-state index contributed by atoms with van der Waals surface area (Å²) in [6.07, 6.45) is -11.5. The molecular weight excluding hydrogens is 391 g/mol. The molecule has 24 heavy (non-hydrogen) atoms. The number of carbonyl (C=O) groups excluding carboxylic acids is 3. The van der Waals surface area contributed by atoms with Crippen LogP contribution in [0.25, 0.3) is 0 Å². The van der Waals surface area contributed by atoms with Crippen LogP contribution in [0.2, 0.25) is 10.0 Å². The van der Waals surface area contributed by atoms with Gasteiger partial charge in [0.15, 0.2) is 0 Å². The summed E-state index contributed by atoms with van der Waals surface area (Å²) in [4.78, 5) is 29.9. The zero-order valence-electron chi connectivity index (χ0n) is 11.5. The Bertz CT molecular complexity index is 619. The largest absolute Gasteiger partial charge is 0.458 e. The fourth-order valence-electron chi connectivity index (χ4n) is 1.04. The number of alkyl halides is 6. The highest BCUT2D eigenvalue weighted by molar-refractivity contribution is 6.41. The van der Waals surface area contributed by atoms with Crippen molar-refractivity contribution in [2.75, 3.05) is 5.32 Å². The van der Waals surface area contributed by atoms with Crippen LogP contribution in [0.3, 0.4) is 0 Å². The molecule has 0 atom stereocenters. The number of rotatable bonds is 2. The maximum Gasteiger partial charge on any atom is 0.458 e. The molecule has 12 heteroatoms. The molecule has 0 unspecified atom stereocenters. The summed E-state index contributed by atoms with van der Waals surface area (Å²) in [7, 11) is 0. The molecular formula is C12H7Cl2F6NO3. The number of Topliss-reactive ketones (excluding diaryl/α,β-unsaturated/α-hetero) is 2. The number of amides is 1. The van der Waals surface area contributed by atoms with Gasteiger partial charge >= 0.3 is 23.9 Å². The molecule has 0 aliphatic carbocycles. The SMILES string of the molecule is CC(=O)Nc1cc(Cl)ccc1Cl.O=C(C(=O)C(F)(F)F)C(F)(F)F. The summed E-state index contributed by atoms with van der Waals surface area (Å²) in [5, 5.41) is 3.58. The quantitative estimate of drug-likeness (QED) is 0.600. The van der Waals surface area contributed by atoms with Crippen molar-refractivity contribution in [1.82, 2.24) is 0 Å². The highest BCUT2D eigenvalue weighted by Crippen LogP contribution is 2.25. The lowest BCUT2D eigenvalue weighted by Gasteiger charge is -2.05. The number of ketones is 2. The van der Waals surface area contributed by atoms with Crippen molar-refractivity contribution < 1.29 is 40.7 Å². The molecule has 0 bridgehead atoms. The van der Waals surface area contributed by atoms with Crippen LogP contribution in [-0.4, -0.2) is 29.8 Å². The second kappa shape index (κ2) is 8.34. The van der Waals surface area contributed by atoms with Crippen LogP contribution < -0.4 is 5.32 Å². The number of carbonyl (C=O) groups is 3. The fourth-order valence-corrected chi connectivity index (χ4v) is 1.38. The van der Waals surface area contributed by atoms with Gasteiger partial charge in [0.1, 0.15) is 0 Å². The minimum absolute atomic E-state index is 0.167. The predicted octanol–water partition coefficient (Wildman–Crippen LogP) is 4.20. The van der Waals surface area contributed by atoms with Crippen molar-refractivity contribution >= 4 is 46.4 Å². The Morgan fingerprint density at radius 1 is 0.917 bits per heavy atom.